The van der Waals surface area contributed by atoms with Crippen LogP contribution in [0.15, 0.2) is 29.4 Å². The van der Waals surface area contributed by atoms with Gasteiger partial charge in [0.05, 0.1) is 0 Å². The predicted octanol–water partition coefficient (Wildman–Crippen LogP) is 0.506. The van der Waals surface area contributed by atoms with Crippen molar-refractivity contribution in [3.8, 4) is 0 Å². The summed E-state index contributed by atoms with van der Waals surface area (Å²) in [6.07, 6.45) is -12.8. The second-order valence-electron chi connectivity index (χ2n) is 5.95. The summed E-state index contributed by atoms with van der Waals surface area (Å²) in [4.78, 5) is 39.1. The molecule has 0 aromatic rings. The summed E-state index contributed by atoms with van der Waals surface area (Å²) >= 11 is 0. The lowest BCUT2D eigenvalue weighted by atomic mass is 10.0. The molecule has 6 atom stereocenters. The largest absolute Gasteiger partial charge is 0.490 e. The van der Waals surface area contributed by atoms with Gasteiger partial charge in [-0.25, -0.2) is 23.1 Å². The molecule has 0 aromatic carbocycles. The molecule has 0 aromatic heterocycles. The molecule has 2 rings (SSSR count). The lowest BCUT2D eigenvalue weighted by Gasteiger charge is -2.33. The van der Waals surface area contributed by atoms with E-state index in [1.807, 2.05) is 0 Å². The van der Waals surface area contributed by atoms with Crippen molar-refractivity contribution in [2.45, 2.75) is 24.8 Å². The third kappa shape index (κ3) is 6.66. The number of halogens is 4. The fourth-order valence-electron chi connectivity index (χ4n) is 2.49. The standard InChI is InChI=1S/C10H14F4N3O12P3/c1-3-16-7(15)4(11)2-17(3)8-5(10(12,13)14)6(18)9(26-8)27-31(22,23)29-32(24,25)28-30(19,20)21/h2,5-6,8-9,18H,1H2,(H2,15,16)(H,22,23)(H,24,25)(H2,19,20,21)/t5?,6-,8-,9-/m1/s1. The van der Waals surface area contributed by atoms with E-state index in [0.717, 1.165) is 0 Å². The second kappa shape index (κ2) is 8.87. The summed E-state index contributed by atoms with van der Waals surface area (Å²) < 4.78 is 104. The summed E-state index contributed by atoms with van der Waals surface area (Å²) in [7, 11) is -17.7. The maximum Gasteiger partial charge on any atom is 0.490 e. The van der Waals surface area contributed by atoms with Gasteiger partial charge in [-0.15, -0.1) is 0 Å². The highest BCUT2D eigenvalue weighted by Gasteiger charge is 2.61. The fraction of sp³-hybridized carbons (Fsp3) is 0.500. The Morgan fingerprint density at radius 1 is 1.16 bits per heavy atom. The van der Waals surface area contributed by atoms with Gasteiger partial charge in [-0.1, -0.05) is 6.58 Å². The Kier molecular flexibility index (Phi) is 7.49. The summed E-state index contributed by atoms with van der Waals surface area (Å²) in [5, 5.41) is 9.96. The molecule has 0 spiro atoms. The third-order valence-corrected chi connectivity index (χ3v) is 7.38. The number of rotatable bonds is 7. The Labute approximate surface area is 174 Å². The van der Waals surface area contributed by atoms with Crippen LogP contribution in [0.4, 0.5) is 17.6 Å². The highest BCUT2D eigenvalue weighted by molar-refractivity contribution is 7.66. The first-order valence-electron chi connectivity index (χ1n) is 7.64. The van der Waals surface area contributed by atoms with Crippen LogP contribution in [0.25, 0.3) is 0 Å². The molecular formula is C10H14F4N3O12P3. The molecule has 7 N–H and O–H groups in total. The SMILES string of the molecule is C=C1N=C(N)C(F)=CN1[C@@H]1O[C@H](OP(=O)(O)OP(=O)(O)OP(=O)(O)O)[C@H](O)C1C(F)(F)F. The van der Waals surface area contributed by atoms with Crippen molar-refractivity contribution in [2.24, 2.45) is 16.6 Å². The molecule has 0 radical (unpaired) electrons. The van der Waals surface area contributed by atoms with Gasteiger partial charge in [-0.2, -0.15) is 21.8 Å². The molecule has 1 fully saturated rings. The topological polar surface area (TPSA) is 231 Å². The molecule has 2 heterocycles. The number of alkyl halides is 3. The predicted molar refractivity (Wildman–Crippen MR) is 91.0 cm³/mol. The van der Waals surface area contributed by atoms with E-state index < -0.39 is 71.7 Å². The van der Waals surface area contributed by atoms with E-state index in [1.54, 1.807) is 0 Å². The number of nitrogens with zero attached hydrogens (tertiary/aromatic N) is 2. The number of hydrogen-bond acceptors (Lipinski definition) is 11. The van der Waals surface area contributed by atoms with Gasteiger partial charge in [0.15, 0.2) is 24.2 Å². The van der Waals surface area contributed by atoms with Gasteiger partial charge in [-0.3, -0.25) is 4.52 Å². The van der Waals surface area contributed by atoms with Crippen LogP contribution in [-0.4, -0.2) is 60.2 Å². The highest BCUT2D eigenvalue weighted by atomic mass is 31.3. The van der Waals surface area contributed by atoms with E-state index in [4.69, 9.17) is 25.2 Å². The Hall–Kier alpha value is -1.20. The summed E-state index contributed by atoms with van der Waals surface area (Å²) in [6, 6.07) is 0. The summed E-state index contributed by atoms with van der Waals surface area (Å²) in [6.45, 7) is 3.24. The number of hydrogen-bond donors (Lipinski definition) is 6. The lowest BCUT2D eigenvalue weighted by Crippen LogP contribution is -2.46. The second-order valence-corrected chi connectivity index (χ2v) is 10.3. The van der Waals surface area contributed by atoms with Gasteiger partial charge in [0.1, 0.15) is 17.8 Å². The quantitative estimate of drug-likeness (QED) is 0.192. The molecular weight excluding hydrogens is 523 g/mol. The first-order valence-corrected chi connectivity index (χ1v) is 12.2. The van der Waals surface area contributed by atoms with Gasteiger partial charge >= 0.3 is 29.6 Å². The smallest absolute Gasteiger partial charge is 0.387 e. The van der Waals surface area contributed by atoms with Crippen LogP contribution in [0.1, 0.15) is 0 Å². The minimum atomic E-state index is -6.00. The number of aliphatic hydroxyl groups excluding tert-OH is 1. The number of aliphatic hydroxyl groups is 1. The molecule has 184 valence electrons. The Morgan fingerprint density at radius 2 is 1.72 bits per heavy atom. The van der Waals surface area contributed by atoms with E-state index in [0.29, 0.717) is 11.1 Å². The minimum Gasteiger partial charge on any atom is -0.387 e. The van der Waals surface area contributed by atoms with E-state index in [-0.39, 0.29) is 0 Å². The van der Waals surface area contributed by atoms with Gasteiger partial charge in [0, 0.05) is 6.20 Å². The molecule has 0 aliphatic carbocycles. The number of amidine groups is 1. The zero-order chi connectivity index (χ0) is 24.9. The molecule has 0 saturated carbocycles. The van der Waals surface area contributed by atoms with Crippen LogP contribution in [-0.2, 0) is 31.6 Å². The molecule has 1 saturated heterocycles. The van der Waals surface area contributed by atoms with E-state index >= 15 is 0 Å². The van der Waals surface area contributed by atoms with Gasteiger partial charge in [-0.05, 0) is 0 Å². The van der Waals surface area contributed by atoms with Crippen molar-refractivity contribution in [1.29, 1.82) is 0 Å². The monoisotopic (exact) mass is 537 g/mol. The van der Waals surface area contributed by atoms with Crippen molar-refractivity contribution in [3.63, 3.8) is 0 Å². The van der Waals surface area contributed by atoms with Crippen LogP contribution >= 0.6 is 23.5 Å². The average molecular weight is 537 g/mol. The van der Waals surface area contributed by atoms with Crippen molar-refractivity contribution in [2.75, 3.05) is 0 Å². The molecule has 15 nitrogen and oxygen atoms in total. The number of ether oxygens (including phenoxy) is 1. The van der Waals surface area contributed by atoms with Gasteiger partial charge in [0.25, 0.3) is 0 Å². The number of phosphoric ester groups is 1. The van der Waals surface area contributed by atoms with E-state index in [1.165, 1.54) is 0 Å². The zero-order valence-corrected chi connectivity index (χ0v) is 17.7. The van der Waals surface area contributed by atoms with Crippen LogP contribution in [0, 0.1) is 5.92 Å². The maximum absolute atomic E-state index is 13.7. The van der Waals surface area contributed by atoms with E-state index in [2.05, 4.69) is 24.7 Å². The van der Waals surface area contributed by atoms with Crippen molar-refractivity contribution in [1.82, 2.24) is 4.90 Å². The first kappa shape index (κ1) is 27.0. The number of nitrogens with two attached hydrogens (primary N) is 1. The third-order valence-electron chi connectivity index (χ3n) is 3.58. The van der Waals surface area contributed by atoms with E-state index in [9.17, 15) is 41.3 Å². The number of aliphatic imine (C=N–C) groups is 1. The molecule has 22 heteroatoms. The molecule has 2 aliphatic heterocycles. The highest BCUT2D eigenvalue weighted by Crippen LogP contribution is 2.67. The van der Waals surface area contributed by atoms with Crippen LogP contribution in [0.5, 0.6) is 0 Å². The molecule has 3 unspecified atom stereocenters. The summed E-state index contributed by atoms with van der Waals surface area (Å²) in [5.41, 5.74) is 5.17. The van der Waals surface area contributed by atoms with Crippen LogP contribution in [0.3, 0.4) is 0 Å². The molecule has 32 heavy (non-hydrogen) atoms. The Bertz CT molecular complexity index is 982. The fourth-order valence-corrected chi connectivity index (χ4v) is 5.58. The van der Waals surface area contributed by atoms with Crippen LogP contribution < -0.4 is 5.73 Å². The molecule has 2 aliphatic rings. The molecule has 0 bridgehead atoms. The number of phosphoric acid groups is 3. The normalized spacial score (nSPS) is 31.0. The van der Waals surface area contributed by atoms with Crippen LogP contribution in [0.2, 0.25) is 0 Å². The average Bonchev–Trinajstić information content (AvgIpc) is 2.83. The Morgan fingerprint density at radius 3 is 2.22 bits per heavy atom. The van der Waals surface area contributed by atoms with Gasteiger partial charge < -0.3 is 40.1 Å². The maximum atomic E-state index is 13.7. The minimum absolute atomic E-state index is 0.341. The lowest BCUT2D eigenvalue weighted by molar-refractivity contribution is -0.213. The zero-order valence-electron chi connectivity index (χ0n) is 15.0. The first-order chi connectivity index (χ1) is 14.2. The van der Waals surface area contributed by atoms with Gasteiger partial charge in [0.2, 0.25) is 0 Å². The van der Waals surface area contributed by atoms with Crippen molar-refractivity contribution in [3.05, 3.63) is 24.4 Å². The van der Waals surface area contributed by atoms with Crippen molar-refractivity contribution < 1.29 is 73.8 Å². The Balaban J connectivity index is 2.29. The molecule has 0 amide bonds. The van der Waals surface area contributed by atoms with Crippen molar-refractivity contribution >= 4 is 29.3 Å². The summed E-state index contributed by atoms with van der Waals surface area (Å²) in [5.74, 6) is -5.59.